The normalized spacial score (nSPS) is 20.2. The molecule has 1 aliphatic heterocycles. The number of amides is 1. The van der Waals surface area contributed by atoms with E-state index < -0.39 is 17.1 Å². The molecule has 0 saturated carbocycles. The van der Waals surface area contributed by atoms with Crippen LogP contribution in [0.5, 0.6) is 0 Å². The Labute approximate surface area is 126 Å². The van der Waals surface area contributed by atoms with E-state index in [1.807, 2.05) is 4.90 Å². The molecule has 114 valence electrons. The van der Waals surface area contributed by atoms with Crippen molar-refractivity contribution in [2.45, 2.75) is 25.5 Å². The van der Waals surface area contributed by atoms with E-state index in [2.05, 4.69) is 5.32 Å². The summed E-state index contributed by atoms with van der Waals surface area (Å²) in [7, 11) is 0. The summed E-state index contributed by atoms with van der Waals surface area (Å²) >= 11 is 5.94. The maximum atomic E-state index is 12.2. The van der Waals surface area contributed by atoms with Gasteiger partial charge in [0, 0.05) is 25.2 Å². The molecule has 1 aromatic rings. The second kappa shape index (κ2) is 6.38. The van der Waals surface area contributed by atoms with Crippen LogP contribution < -0.4 is 5.32 Å². The Bertz CT molecular complexity index is 566. The molecule has 1 saturated heterocycles. The zero-order chi connectivity index (χ0) is 15.6. The summed E-state index contributed by atoms with van der Waals surface area (Å²) in [4.78, 5) is 24.2. The average molecular weight is 314 g/mol. The number of non-ortho nitro benzene ring substituents is 1. The predicted molar refractivity (Wildman–Crippen MR) is 78.4 cm³/mol. The van der Waals surface area contributed by atoms with Gasteiger partial charge in [0.15, 0.2) is 0 Å². The number of rotatable bonds is 4. The Balaban J connectivity index is 2.08. The van der Waals surface area contributed by atoms with Crippen molar-refractivity contribution in [1.82, 2.24) is 4.90 Å². The van der Waals surface area contributed by atoms with Crippen molar-refractivity contribution in [3.8, 4) is 0 Å². The number of hydrogen-bond donors (Lipinski definition) is 2. The third-order valence-electron chi connectivity index (χ3n) is 3.54. The SMILES string of the molecule is CC(C(=O)Nc1cc([N+](=O)[O-])ccc1Cl)N1CC[C@@H](O)C1. The van der Waals surface area contributed by atoms with E-state index in [1.54, 1.807) is 6.92 Å². The lowest BCUT2D eigenvalue weighted by molar-refractivity contribution is -0.384. The first kappa shape index (κ1) is 15.7. The van der Waals surface area contributed by atoms with E-state index in [-0.39, 0.29) is 22.3 Å². The van der Waals surface area contributed by atoms with Crippen LogP contribution in [0.1, 0.15) is 13.3 Å². The number of halogens is 1. The van der Waals surface area contributed by atoms with Gasteiger partial charge in [-0.1, -0.05) is 11.6 Å². The van der Waals surface area contributed by atoms with Gasteiger partial charge in [0.05, 0.1) is 27.8 Å². The lowest BCUT2D eigenvalue weighted by Crippen LogP contribution is -2.41. The largest absolute Gasteiger partial charge is 0.392 e. The number of nitro groups is 1. The van der Waals surface area contributed by atoms with Crippen LogP contribution in [0, 0.1) is 10.1 Å². The molecule has 1 fully saturated rings. The highest BCUT2D eigenvalue weighted by atomic mass is 35.5. The fraction of sp³-hybridized carbons (Fsp3) is 0.462. The van der Waals surface area contributed by atoms with Crippen molar-refractivity contribution in [3.05, 3.63) is 33.3 Å². The van der Waals surface area contributed by atoms with E-state index >= 15 is 0 Å². The van der Waals surface area contributed by atoms with Crippen molar-refractivity contribution in [1.29, 1.82) is 0 Å². The number of nitro benzene ring substituents is 1. The smallest absolute Gasteiger partial charge is 0.271 e. The van der Waals surface area contributed by atoms with E-state index in [0.717, 1.165) is 0 Å². The quantitative estimate of drug-likeness (QED) is 0.651. The summed E-state index contributed by atoms with van der Waals surface area (Å²) < 4.78 is 0. The molecule has 2 atom stereocenters. The summed E-state index contributed by atoms with van der Waals surface area (Å²) in [6.07, 6.45) is 0.219. The lowest BCUT2D eigenvalue weighted by Gasteiger charge is -2.23. The number of likely N-dealkylation sites (tertiary alicyclic amines) is 1. The first-order chi connectivity index (χ1) is 9.88. The highest BCUT2D eigenvalue weighted by Gasteiger charge is 2.28. The molecule has 0 bridgehead atoms. The minimum atomic E-state index is -0.549. The van der Waals surface area contributed by atoms with Crippen LogP contribution in [0.15, 0.2) is 18.2 Å². The van der Waals surface area contributed by atoms with E-state index in [1.165, 1.54) is 18.2 Å². The van der Waals surface area contributed by atoms with Gasteiger partial charge in [0.25, 0.3) is 5.69 Å². The van der Waals surface area contributed by atoms with Crippen LogP contribution in [0.4, 0.5) is 11.4 Å². The van der Waals surface area contributed by atoms with E-state index in [0.29, 0.717) is 19.5 Å². The van der Waals surface area contributed by atoms with Crippen LogP contribution in [0.25, 0.3) is 0 Å². The van der Waals surface area contributed by atoms with E-state index in [9.17, 15) is 20.0 Å². The molecule has 1 unspecified atom stereocenters. The summed E-state index contributed by atoms with van der Waals surface area (Å²) in [5, 5.41) is 23.1. The maximum Gasteiger partial charge on any atom is 0.271 e. The average Bonchev–Trinajstić information content (AvgIpc) is 2.86. The molecule has 0 aromatic heterocycles. The molecule has 8 heteroatoms. The Morgan fingerprint density at radius 1 is 1.62 bits per heavy atom. The van der Waals surface area contributed by atoms with Crippen molar-refractivity contribution in [2.75, 3.05) is 18.4 Å². The van der Waals surface area contributed by atoms with Crippen LogP contribution in [-0.4, -0.2) is 46.1 Å². The van der Waals surface area contributed by atoms with Crippen molar-refractivity contribution in [3.63, 3.8) is 0 Å². The third kappa shape index (κ3) is 3.69. The first-order valence-electron chi connectivity index (χ1n) is 6.55. The van der Waals surface area contributed by atoms with Crippen molar-refractivity contribution in [2.24, 2.45) is 0 Å². The fourth-order valence-corrected chi connectivity index (χ4v) is 2.41. The molecular formula is C13H16ClN3O4. The summed E-state index contributed by atoms with van der Waals surface area (Å²) in [5.74, 6) is -0.313. The van der Waals surface area contributed by atoms with Crippen LogP contribution in [-0.2, 0) is 4.79 Å². The van der Waals surface area contributed by atoms with Crippen LogP contribution >= 0.6 is 11.6 Å². The molecule has 2 rings (SSSR count). The van der Waals surface area contributed by atoms with E-state index in [4.69, 9.17) is 11.6 Å². The van der Waals surface area contributed by atoms with Gasteiger partial charge in [-0.3, -0.25) is 19.8 Å². The van der Waals surface area contributed by atoms with Gasteiger partial charge in [-0.2, -0.15) is 0 Å². The second-order valence-corrected chi connectivity index (χ2v) is 5.43. The number of nitrogens with one attached hydrogen (secondary N) is 1. The molecule has 21 heavy (non-hydrogen) atoms. The lowest BCUT2D eigenvalue weighted by atomic mass is 10.2. The Morgan fingerprint density at radius 2 is 2.33 bits per heavy atom. The minimum absolute atomic E-state index is 0.140. The number of aliphatic hydroxyl groups is 1. The second-order valence-electron chi connectivity index (χ2n) is 5.02. The third-order valence-corrected chi connectivity index (χ3v) is 3.87. The molecule has 0 aliphatic carbocycles. The van der Waals surface area contributed by atoms with Crippen molar-refractivity contribution < 1.29 is 14.8 Å². The number of carbonyl (C=O) groups is 1. The van der Waals surface area contributed by atoms with Gasteiger partial charge in [-0.15, -0.1) is 0 Å². The molecule has 1 aliphatic rings. The monoisotopic (exact) mass is 313 g/mol. The van der Waals surface area contributed by atoms with Gasteiger partial charge in [-0.25, -0.2) is 0 Å². The zero-order valence-electron chi connectivity index (χ0n) is 11.5. The van der Waals surface area contributed by atoms with Crippen LogP contribution in [0.2, 0.25) is 5.02 Å². The minimum Gasteiger partial charge on any atom is -0.392 e. The number of hydrogen-bond acceptors (Lipinski definition) is 5. The number of aliphatic hydroxyl groups excluding tert-OH is 1. The standard InChI is InChI=1S/C13H16ClN3O4/c1-8(16-5-4-10(18)7-16)13(19)15-12-6-9(17(20)21)2-3-11(12)14/h2-3,6,8,10,18H,4-5,7H2,1H3,(H,15,19)/t8?,10-/m1/s1. The van der Waals surface area contributed by atoms with Gasteiger partial charge >= 0.3 is 0 Å². The number of anilines is 1. The maximum absolute atomic E-state index is 12.2. The Hall–Kier alpha value is -1.70. The van der Waals surface area contributed by atoms with Gasteiger partial charge < -0.3 is 10.4 Å². The Kier molecular flexibility index (Phi) is 4.76. The number of carbonyl (C=O) groups excluding carboxylic acids is 1. The van der Waals surface area contributed by atoms with Gasteiger partial charge in [-0.05, 0) is 19.4 Å². The summed E-state index contributed by atoms with van der Waals surface area (Å²) in [6.45, 7) is 2.80. The van der Waals surface area contributed by atoms with Crippen LogP contribution in [0.3, 0.4) is 0 Å². The van der Waals surface area contributed by atoms with Crippen molar-refractivity contribution >= 4 is 28.9 Å². The topological polar surface area (TPSA) is 95.7 Å². The molecule has 1 heterocycles. The predicted octanol–water partition coefficient (Wildman–Crippen LogP) is 1.64. The number of benzene rings is 1. The molecular weight excluding hydrogens is 298 g/mol. The Morgan fingerprint density at radius 3 is 2.90 bits per heavy atom. The summed E-state index contributed by atoms with van der Waals surface area (Å²) in [6, 6.07) is 3.43. The highest BCUT2D eigenvalue weighted by molar-refractivity contribution is 6.33. The number of β-amino-alcohol motifs (C(OH)–C–C–N with tert-alkyl or cyclic N) is 1. The molecule has 2 N–H and O–H groups in total. The zero-order valence-corrected chi connectivity index (χ0v) is 12.2. The molecule has 0 radical (unpaired) electrons. The first-order valence-corrected chi connectivity index (χ1v) is 6.93. The fourth-order valence-electron chi connectivity index (χ4n) is 2.25. The molecule has 1 aromatic carbocycles. The highest BCUT2D eigenvalue weighted by Crippen LogP contribution is 2.27. The van der Waals surface area contributed by atoms with Gasteiger partial charge in [0.1, 0.15) is 0 Å². The molecule has 7 nitrogen and oxygen atoms in total. The molecule has 1 amide bonds. The van der Waals surface area contributed by atoms with Gasteiger partial charge in [0.2, 0.25) is 5.91 Å². The number of nitrogens with zero attached hydrogens (tertiary/aromatic N) is 2. The molecule has 0 spiro atoms. The summed E-state index contributed by atoms with van der Waals surface area (Å²) in [5.41, 5.74) is 0.0707.